The first kappa shape index (κ1) is 18.0. The minimum Gasteiger partial charge on any atom is -0.204 e. The third-order valence-corrected chi connectivity index (χ3v) is 5.34. The Morgan fingerprint density at radius 2 is 1.48 bits per heavy atom. The lowest BCUT2D eigenvalue weighted by Gasteiger charge is -2.28. The standard InChI is InChI=1S/C21H22F4/c1-2-3-13-4-6-14(7-5-13)15-8-10-16(11-9-15)17-12-18(22)20(24)21(25)19(17)23/h8-14H,2-7H2,1H3. The van der Waals surface area contributed by atoms with Crippen molar-refractivity contribution in [2.75, 3.05) is 0 Å². The van der Waals surface area contributed by atoms with Crippen molar-refractivity contribution in [1.82, 2.24) is 0 Å². The molecule has 0 heterocycles. The van der Waals surface area contributed by atoms with E-state index in [0.29, 0.717) is 17.5 Å². The molecule has 1 aliphatic carbocycles. The fraction of sp³-hybridized carbons (Fsp3) is 0.429. The lowest BCUT2D eigenvalue weighted by atomic mass is 9.77. The first-order valence-electron chi connectivity index (χ1n) is 8.94. The molecule has 2 aromatic carbocycles. The maximum atomic E-state index is 13.9. The summed E-state index contributed by atoms with van der Waals surface area (Å²) < 4.78 is 53.8. The highest BCUT2D eigenvalue weighted by Gasteiger charge is 2.23. The molecule has 0 atom stereocenters. The molecule has 3 rings (SSSR count). The van der Waals surface area contributed by atoms with E-state index in [-0.39, 0.29) is 5.56 Å². The summed E-state index contributed by atoms with van der Waals surface area (Å²) in [4.78, 5) is 0. The second-order valence-electron chi connectivity index (χ2n) is 6.98. The van der Waals surface area contributed by atoms with Crippen molar-refractivity contribution in [2.45, 2.75) is 51.4 Å². The first-order chi connectivity index (χ1) is 12.0. The molecule has 0 saturated heterocycles. The van der Waals surface area contributed by atoms with Crippen LogP contribution in [0.1, 0.15) is 56.9 Å². The summed E-state index contributed by atoms with van der Waals surface area (Å²) in [6, 6.07) is 7.79. The third-order valence-electron chi connectivity index (χ3n) is 5.34. The van der Waals surface area contributed by atoms with Crippen LogP contribution in [-0.2, 0) is 0 Å². The molecule has 0 bridgehead atoms. The van der Waals surface area contributed by atoms with E-state index in [2.05, 4.69) is 6.92 Å². The van der Waals surface area contributed by atoms with Crippen LogP contribution in [0.2, 0.25) is 0 Å². The molecular formula is C21H22F4. The maximum Gasteiger partial charge on any atom is 0.198 e. The van der Waals surface area contributed by atoms with Gasteiger partial charge in [-0.15, -0.1) is 0 Å². The zero-order chi connectivity index (χ0) is 18.0. The molecule has 0 N–H and O–H groups in total. The van der Waals surface area contributed by atoms with Crippen molar-refractivity contribution in [3.05, 3.63) is 59.2 Å². The largest absolute Gasteiger partial charge is 0.204 e. The molecular weight excluding hydrogens is 328 g/mol. The average molecular weight is 350 g/mol. The van der Waals surface area contributed by atoms with E-state index in [0.717, 1.165) is 18.8 Å². The average Bonchev–Trinajstić information content (AvgIpc) is 2.64. The van der Waals surface area contributed by atoms with Gasteiger partial charge in [0.2, 0.25) is 0 Å². The highest BCUT2D eigenvalue weighted by molar-refractivity contribution is 5.64. The van der Waals surface area contributed by atoms with Gasteiger partial charge in [0.05, 0.1) is 0 Å². The molecule has 25 heavy (non-hydrogen) atoms. The zero-order valence-electron chi connectivity index (χ0n) is 14.3. The minimum atomic E-state index is -1.78. The van der Waals surface area contributed by atoms with Gasteiger partial charge in [-0.2, -0.15) is 0 Å². The van der Waals surface area contributed by atoms with Crippen LogP contribution >= 0.6 is 0 Å². The summed E-state index contributed by atoms with van der Waals surface area (Å²) in [6.07, 6.45) is 7.23. The fourth-order valence-electron chi connectivity index (χ4n) is 3.91. The molecule has 0 aromatic heterocycles. The van der Waals surface area contributed by atoms with Crippen LogP contribution < -0.4 is 0 Å². The van der Waals surface area contributed by atoms with E-state index in [1.807, 2.05) is 12.1 Å². The highest BCUT2D eigenvalue weighted by atomic mass is 19.2. The van der Waals surface area contributed by atoms with Crippen LogP contribution in [0.4, 0.5) is 17.6 Å². The van der Waals surface area contributed by atoms with Gasteiger partial charge in [-0.05, 0) is 54.7 Å². The van der Waals surface area contributed by atoms with Gasteiger partial charge >= 0.3 is 0 Å². The normalized spacial score (nSPS) is 20.7. The second kappa shape index (κ2) is 7.59. The van der Waals surface area contributed by atoms with Crippen molar-refractivity contribution >= 4 is 0 Å². The van der Waals surface area contributed by atoms with Gasteiger partial charge in [-0.3, -0.25) is 0 Å². The summed E-state index contributed by atoms with van der Waals surface area (Å²) in [6.45, 7) is 2.21. The summed E-state index contributed by atoms with van der Waals surface area (Å²) in [7, 11) is 0. The van der Waals surface area contributed by atoms with Gasteiger partial charge in [-0.1, -0.05) is 44.0 Å². The minimum absolute atomic E-state index is 0.255. The summed E-state index contributed by atoms with van der Waals surface area (Å²) >= 11 is 0. The Kier molecular flexibility index (Phi) is 5.45. The molecule has 134 valence electrons. The van der Waals surface area contributed by atoms with Crippen molar-refractivity contribution in [3.8, 4) is 11.1 Å². The van der Waals surface area contributed by atoms with E-state index < -0.39 is 23.3 Å². The molecule has 1 saturated carbocycles. The van der Waals surface area contributed by atoms with Gasteiger partial charge in [0.1, 0.15) is 0 Å². The van der Waals surface area contributed by atoms with E-state index in [1.54, 1.807) is 12.1 Å². The van der Waals surface area contributed by atoms with Crippen LogP contribution in [0, 0.1) is 29.2 Å². The Balaban J connectivity index is 1.78. The Morgan fingerprint density at radius 1 is 0.840 bits per heavy atom. The second-order valence-corrected chi connectivity index (χ2v) is 6.98. The van der Waals surface area contributed by atoms with Crippen molar-refractivity contribution < 1.29 is 17.6 Å². The lowest BCUT2D eigenvalue weighted by Crippen LogP contribution is -2.13. The van der Waals surface area contributed by atoms with Crippen LogP contribution in [0.5, 0.6) is 0 Å². The van der Waals surface area contributed by atoms with Gasteiger partial charge in [-0.25, -0.2) is 17.6 Å². The Hall–Kier alpha value is -1.84. The molecule has 0 spiro atoms. The zero-order valence-corrected chi connectivity index (χ0v) is 14.3. The summed E-state index contributed by atoms with van der Waals surface area (Å²) in [5.74, 6) is -4.98. The van der Waals surface area contributed by atoms with E-state index in [4.69, 9.17) is 0 Å². The third kappa shape index (κ3) is 3.73. The van der Waals surface area contributed by atoms with E-state index >= 15 is 0 Å². The van der Waals surface area contributed by atoms with Gasteiger partial charge in [0, 0.05) is 5.56 Å². The van der Waals surface area contributed by atoms with Crippen LogP contribution in [0.15, 0.2) is 30.3 Å². The van der Waals surface area contributed by atoms with E-state index in [9.17, 15) is 17.6 Å². The van der Waals surface area contributed by atoms with Crippen molar-refractivity contribution in [3.63, 3.8) is 0 Å². The number of hydrogen-bond acceptors (Lipinski definition) is 0. The molecule has 0 nitrogen and oxygen atoms in total. The molecule has 1 aliphatic rings. The number of hydrogen-bond donors (Lipinski definition) is 0. The number of benzene rings is 2. The first-order valence-corrected chi connectivity index (χ1v) is 8.94. The molecule has 2 aromatic rings. The molecule has 0 aliphatic heterocycles. The number of rotatable bonds is 4. The SMILES string of the molecule is CCCC1CCC(c2ccc(-c3cc(F)c(F)c(F)c3F)cc2)CC1. The topological polar surface area (TPSA) is 0 Å². The Morgan fingerprint density at radius 3 is 2.08 bits per heavy atom. The van der Waals surface area contributed by atoms with Gasteiger partial charge in [0.25, 0.3) is 0 Å². The molecule has 0 amide bonds. The van der Waals surface area contributed by atoms with Gasteiger partial charge in [0.15, 0.2) is 23.3 Å². The number of halogens is 4. The maximum absolute atomic E-state index is 13.9. The Labute approximate surface area is 145 Å². The van der Waals surface area contributed by atoms with Crippen molar-refractivity contribution in [2.24, 2.45) is 5.92 Å². The summed E-state index contributed by atoms with van der Waals surface area (Å²) in [5.41, 5.74) is 1.26. The molecule has 0 unspecified atom stereocenters. The predicted molar refractivity (Wildman–Crippen MR) is 91.3 cm³/mol. The van der Waals surface area contributed by atoms with E-state index in [1.165, 1.54) is 31.2 Å². The molecule has 0 radical (unpaired) electrons. The quantitative estimate of drug-likeness (QED) is 0.317. The van der Waals surface area contributed by atoms with Gasteiger partial charge < -0.3 is 0 Å². The van der Waals surface area contributed by atoms with Crippen LogP contribution in [0.3, 0.4) is 0 Å². The highest BCUT2D eigenvalue weighted by Crippen LogP contribution is 2.38. The molecule has 4 heteroatoms. The molecule has 1 fully saturated rings. The fourth-order valence-corrected chi connectivity index (χ4v) is 3.91. The van der Waals surface area contributed by atoms with Crippen LogP contribution in [-0.4, -0.2) is 0 Å². The Bertz CT molecular complexity index is 729. The monoisotopic (exact) mass is 350 g/mol. The van der Waals surface area contributed by atoms with Crippen molar-refractivity contribution in [1.29, 1.82) is 0 Å². The predicted octanol–water partition coefficient (Wildman–Crippen LogP) is 6.98. The lowest BCUT2D eigenvalue weighted by molar-refractivity contribution is 0.308. The summed E-state index contributed by atoms with van der Waals surface area (Å²) in [5, 5.41) is 0. The van der Waals surface area contributed by atoms with Crippen LogP contribution in [0.25, 0.3) is 11.1 Å². The smallest absolute Gasteiger partial charge is 0.198 e.